The van der Waals surface area contributed by atoms with Gasteiger partial charge < -0.3 is 19.8 Å². The van der Waals surface area contributed by atoms with Crippen LogP contribution in [0.15, 0.2) is 58.2 Å². The lowest BCUT2D eigenvalue weighted by Crippen LogP contribution is -2.41. The highest BCUT2D eigenvalue weighted by Gasteiger charge is 2.29. The third-order valence-electron chi connectivity index (χ3n) is 6.37. The van der Waals surface area contributed by atoms with Crippen LogP contribution in [0.25, 0.3) is 10.9 Å². The molecule has 2 N–H and O–H groups in total. The Bertz CT molecular complexity index is 1430. The number of hydrogen-bond acceptors (Lipinski definition) is 6. The molecule has 2 aliphatic heterocycles. The monoisotopic (exact) mass is 497 g/mol. The van der Waals surface area contributed by atoms with Gasteiger partial charge in [-0.2, -0.15) is 4.31 Å². The molecule has 0 bridgehead atoms. The number of hydrogen-bond donors (Lipinski definition) is 2. The summed E-state index contributed by atoms with van der Waals surface area (Å²) in [6.07, 6.45) is 1.40. The minimum Gasteiger partial charge on any atom is -0.486 e. The Hall–Kier alpha value is -3.37. The van der Waals surface area contributed by atoms with Crippen molar-refractivity contribution < 1.29 is 22.7 Å². The molecule has 0 unspecified atom stereocenters. The molecule has 1 aromatic heterocycles. The quantitative estimate of drug-likeness (QED) is 0.559. The van der Waals surface area contributed by atoms with Gasteiger partial charge in [0.1, 0.15) is 12.7 Å². The van der Waals surface area contributed by atoms with E-state index in [9.17, 15) is 18.0 Å². The van der Waals surface area contributed by atoms with Gasteiger partial charge in [0.15, 0.2) is 11.5 Å². The number of H-pyrrole nitrogens is 1. The van der Waals surface area contributed by atoms with Crippen LogP contribution < -0.4 is 20.3 Å². The lowest BCUT2D eigenvalue weighted by molar-refractivity contribution is 0.0790. The van der Waals surface area contributed by atoms with Gasteiger partial charge >= 0.3 is 0 Å². The van der Waals surface area contributed by atoms with Crippen molar-refractivity contribution in [1.29, 1.82) is 0 Å². The number of carbonyl (C=O) groups is 1. The van der Waals surface area contributed by atoms with E-state index in [0.717, 1.165) is 12.8 Å². The fourth-order valence-electron chi connectivity index (χ4n) is 4.56. The Kier molecular flexibility index (Phi) is 6.24. The molecule has 9 nitrogen and oxygen atoms in total. The number of nitrogens with zero attached hydrogens (tertiary/aromatic N) is 1. The second-order valence-corrected chi connectivity index (χ2v) is 11.0. The minimum absolute atomic E-state index is 0.0980. The number of fused-ring (bicyclic) bond motifs is 2. The van der Waals surface area contributed by atoms with Crippen LogP contribution in [-0.4, -0.2) is 56.0 Å². The van der Waals surface area contributed by atoms with Gasteiger partial charge in [0, 0.05) is 30.1 Å². The Morgan fingerprint density at radius 1 is 1.17 bits per heavy atom. The fourth-order valence-corrected chi connectivity index (χ4v) is 6.19. The van der Waals surface area contributed by atoms with E-state index in [1.807, 2.05) is 25.1 Å². The second-order valence-electron chi connectivity index (χ2n) is 9.07. The first-order valence-electron chi connectivity index (χ1n) is 11.6. The van der Waals surface area contributed by atoms with Crippen molar-refractivity contribution in [3.05, 3.63) is 64.4 Å². The Balaban J connectivity index is 1.39. The maximum Gasteiger partial charge on any atom is 0.252 e. The van der Waals surface area contributed by atoms with E-state index < -0.39 is 27.6 Å². The Labute approximate surface area is 203 Å². The van der Waals surface area contributed by atoms with Gasteiger partial charge in [0.05, 0.1) is 17.0 Å². The largest absolute Gasteiger partial charge is 0.486 e. The van der Waals surface area contributed by atoms with E-state index in [-0.39, 0.29) is 29.5 Å². The summed E-state index contributed by atoms with van der Waals surface area (Å²) in [6.45, 7) is 3.40. The molecule has 10 heteroatoms. The molecule has 3 aromatic rings. The number of pyridine rings is 1. The van der Waals surface area contributed by atoms with Crippen LogP contribution in [-0.2, 0) is 10.0 Å². The predicted octanol–water partition coefficient (Wildman–Crippen LogP) is 2.52. The molecule has 5 rings (SSSR count). The summed E-state index contributed by atoms with van der Waals surface area (Å²) in [5.41, 5.74) is 0.0408. The maximum absolute atomic E-state index is 13.3. The van der Waals surface area contributed by atoms with Crippen molar-refractivity contribution in [2.45, 2.75) is 30.8 Å². The topological polar surface area (TPSA) is 118 Å². The lowest BCUT2D eigenvalue weighted by atomic mass is 10.0. The van der Waals surface area contributed by atoms with Crippen molar-refractivity contribution in [3.8, 4) is 11.5 Å². The summed E-state index contributed by atoms with van der Waals surface area (Å²) in [5, 5.41) is 3.15. The van der Waals surface area contributed by atoms with Crippen molar-refractivity contribution >= 4 is 26.8 Å². The molecule has 0 radical (unpaired) electrons. The first-order valence-corrected chi connectivity index (χ1v) is 13.1. The molecule has 2 aromatic carbocycles. The third-order valence-corrected chi connectivity index (χ3v) is 8.24. The molecule has 2 aliphatic rings. The maximum atomic E-state index is 13.3. The van der Waals surface area contributed by atoms with Crippen molar-refractivity contribution in [1.82, 2.24) is 14.6 Å². The number of nitrogens with one attached hydrogen (secondary N) is 2. The number of benzene rings is 2. The van der Waals surface area contributed by atoms with Crippen LogP contribution in [0.3, 0.4) is 0 Å². The molecule has 184 valence electrons. The SMILES string of the molecule is C[C@@H]1CCCN(S(=O)(=O)c2ccc3[nH]c(=O)cc(C(=O)NC[C@H]4COc5ccccc5O4)c3c2)C1. The molecular formula is C25H27N3O6S. The van der Waals surface area contributed by atoms with Gasteiger partial charge in [-0.15, -0.1) is 0 Å². The van der Waals surface area contributed by atoms with Crippen molar-refractivity contribution in [3.63, 3.8) is 0 Å². The molecule has 2 atom stereocenters. The van der Waals surface area contributed by atoms with Crippen LogP contribution >= 0.6 is 0 Å². The van der Waals surface area contributed by atoms with Crippen LogP contribution in [0, 0.1) is 5.92 Å². The lowest BCUT2D eigenvalue weighted by Gasteiger charge is -2.30. The summed E-state index contributed by atoms with van der Waals surface area (Å²) < 4.78 is 39.6. The van der Waals surface area contributed by atoms with Crippen LogP contribution in [0.4, 0.5) is 0 Å². The number of sulfonamides is 1. The molecule has 35 heavy (non-hydrogen) atoms. The summed E-state index contributed by atoms with van der Waals surface area (Å²) in [6, 6.07) is 12.9. The zero-order chi connectivity index (χ0) is 24.6. The normalized spacial score (nSPS) is 20.5. The van der Waals surface area contributed by atoms with Crippen molar-refractivity contribution in [2.24, 2.45) is 5.92 Å². The number of carbonyl (C=O) groups excluding carboxylic acids is 1. The zero-order valence-electron chi connectivity index (χ0n) is 19.3. The average Bonchev–Trinajstić information content (AvgIpc) is 2.86. The number of para-hydroxylation sites is 2. The number of ether oxygens (including phenoxy) is 2. The van der Waals surface area contributed by atoms with E-state index in [0.29, 0.717) is 35.5 Å². The summed E-state index contributed by atoms with van der Waals surface area (Å²) in [4.78, 5) is 28.1. The van der Waals surface area contributed by atoms with Crippen LogP contribution in [0.5, 0.6) is 11.5 Å². The highest BCUT2D eigenvalue weighted by Crippen LogP contribution is 2.31. The number of piperidine rings is 1. The molecule has 0 saturated carbocycles. The number of rotatable bonds is 5. The van der Waals surface area contributed by atoms with Crippen LogP contribution in [0.1, 0.15) is 30.1 Å². The molecule has 1 fully saturated rings. The highest BCUT2D eigenvalue weighted by molar-refractivity contribution is 7.89. The van der Waals surface area contributed by atoms with Crippen LogP contribution in [0.2, 0.25) is 0 Å². The second kappa shape index (κ2) is 9.35. The molecule has 3 heterocycles. The molecule has 1 saturated heterocycles. The number of aromatic amines is 1. The van der Waals surface area contributed by atoms with Gasteiger partial charge in [-0.1, -0.05) is 19.1 Å². The Morgan fingerprint density at radius 2 is 1.97 bits per heavy atom. The van der Waals surface area contributed by atoms with E-state index in [1.54, 1.807) is 6.07 Å². The van der Waals surface area contributed by atoms with Gasteiger partial charge in [0.2, 0.25) is 15.6 Å². The van der Waals surface area contributed by atoms with Gasteiger partial charge in [-0.05, 0) is 49.1 Å². The highest BCUT2D eigenvalue weighted by atomic mass is 32.2. The number of amides is 1. The summed E-state index contributed by atoms with van der Waals surface area (Å²) >= 11 is 0. The van der Waals surface area contributed by atoms with Crippen molar-refractivity contribution in [2.75, 3.05) is 26.2 Å². The zero-order valence-corrected chi connectivity index (χ0v) is 20.1. The first kappa shape index (κ1) is 23.4. The minimum atomic E-state index is -3.72. The third kappa shape index (κ3) is 4.76. The van der Waals surface area contributed by atoms with E-state index in [4.69, 9.17) is 9.47 Å². The fraction of sp³-hybridized carbons (Fsp3) is 0.360. The molecule has 1 amide bonds. The summed E-state index contributed by atoms with van der Waals surface area (Å²) in [5.74, 6) is 1.04. The first-order chi connectivity index (χ1) is 16.8. The average molecular weight is 498 g/mol. The standard InChI is InChI=1S/C25H27N3O6S/c1-16-5-4-10-28(14-16)35(31,32)18-8-9-21-19(11-18)20(12-24(29)27-21)25(30)26-13-17-15-33-22-6-2-3-7-23(22)34-17/h2-3,6-9,11-12,16-17H,4-5,10,13-15H2,1H3,(H,26,30)(H,27,29)/t16-,17+/m1/s1. The van der Waals surface area contributed by atoms with E-state index in [1.165, 1.54) is 28.6 Å². The van der Waals surface area contributed by atoms with Gasteiger partial charge in [-0.3, -0.25) is 9.59 Å². The summed E-state index contributed by atoms with van der Waals surface area (Å²) in [7, 11) is -3.72. The number of aromatic nitrogens is 1. The predicted molar refractivity (Wildman–Crippen MR) is 130 cm³/mol. The van der Waals surface area contributed by atoms with Gasteiger partial charge in [0.25, 0.3) is 5.91 Å². The Morgan fingerprint density at radius 3 is 2.77 bits per heavy atom. The molecular weight excluding hydrogens is 470 g/mol. The van der Waals surface area contributed by atoms with Gasteiger partial charge in [-0.25, -0.2) is 8.42 Å². The molecule has 0 aliphatic carbocycles. The van der Waals surface area contributed by atoms with E-state index in [2.05, 4.69) is 10.3 Å². The smallest absolute Gasteiger partial charge is 0.252 e. The molecule has 0 spiro atoms. The van der Waals surface area contributed by atoms with E-state index >= 15 is 0 Å².